The largest absolute Gasteiger partial charge is 0.481 e. The maximum Gasteiger partial charge on any atom is 0.310 e. The summed E-state index contributed by atoms with van der Waals surface area (Å²) in [7, 11) is 0. The second kappa shape index (κ2) is 8.60. The van der Waals surface area contributed by atoms with Crippen molar-refractivity contribution < 1.29 is 19.5 Å². The first-order valence-electron chi connectivity index (χ1n) is 13.2. The van der Waals surface area contributed by atoms with E-state index in [1.54, 1.807) is 6.92 Å². The third-order valence-corrected chi connectivity index (χ3v) is 10.7. The van der Waals surface area contributed by atoms with Gasteiger partial charge in [-0.2, -0.15) is 0 Å². The van der Waals surface area contributed by atoms with Gasteiger partial charge in [0.1, 0.15) is 5.78 Å². The zero-order chi connectivity index (χ0) is 25.2. The molecule has 2 saturated carbocycles. The third kappa shape index (κ3) is 3.67. The Balaban J connectivity index is 1.61. The summed E-state index contributed by atoms with van der Waals surface area (Å²) in [5.41, 5.74) is 3.85. The van der Waals surface area contributed by atoms with E-state index in [0.29, 0.717) is 42.8 Å². The fourth-order valence-electron chi connectivity index (χ4n) is 8.40. The van der Waals surface area contributed by atoms with Crippen LogP contribution in [0.4, 0.5) is 0 Å². The molecule has 7 unspecified atom stereocenters. The van der Waals surface area contributed by atoms with Crippen LogP contribution >= 0.6 is 0 Å². The Morgan fingerprint density at radius 3 is 2.53 bits per heavy atom. The van der Waals surface area contributed by atoms with Crippen molar-refractivity contribution in [1.82, 2.24) is 0 Å². The lowest BCUT2D eigenvalue weighted by Crippen LogP contribution is -2.51. The van der Waals surface area contributed by atoms with Gasteiger partial charge in [0.05, 0.1) is 5.92 Å². The number of rotatable bonds is 6. The molecule has 0 spiro atoms. The van der Waals surface area contributed by atoms with E-state index in [1.165, 1.54) is 5.57 Å². The fraction of sp³-hybridized carbons (Fsp3) is 0.700. The van der Waals surface area contributed by atoms with Gasteiger partial charge in [-0.05, 0) is 80.1 Å². The Morgan fingerprint density at radius 2 is 1.88 bits per heavy atom. The number of carbonyl (C=O) groups is 3. The van der Waals surface area contributed by atoms with Crippen molar-refractivity contribution in [2.75, 3.05) is 0 Å². The molecule has 0 radical (unpaired) electrons. The number of ketones is 2. The number of carbonyl (C=O) groups excluding carboxylic acids is 2. The molecular weight excluding hydrogens is 424 g/mol. The first-order valence-corrected chi connectivity index (χ1v) is 13.2. The number of carboxylic acids is 1. The Kier molecular flexibility index (Phi) is 6.36. The Labute approximate surface area is 205 Å². The molecule has 4 rings (SSSR count). The molecule has 0 aromatic carbocycles. The third-order valence-electron chi connectivity index (χ3n) is 10.7. The van der Waals surface area contributed by atoms with Crippen LogP contribution in [0.15, 0.2) is 35.5 Å². The molecule has 0 saturated heterocycles. The predicted octanol–water partition coefficient (Wildman–Crippen LogP) is 6.56. The number of hydrogen-bond donors (Lipinski definition) is 1. The second-order valence-corrected chi connectivity index (χ2v) is 12.5. The van der Waals surface area contributed by atoms with Gasteiger partial charge in [-0.25, -0.2) is 0 Å². The normalized spacial score (nSPS) is 39.3. The first-order chi connectivity index (χ1) is 15.8. The summed E-state index contributed by atoms with van der Waals surface area (Å²) in [5, 5.41) is 9.29. The highest BCUT2D eigenvalue weighted by Crippen LogP contribution is 2.66. The van der Waals surface area contributed by atoms with Crippen molar-refractivity contribution in [2.24, 2.45) is 46.3 Å². The van der Waals surface area contributed by atoms with Gasteiger partial charge in [0.2, 0.25) is 0 Å². The monoisotopic (exact) mass is 466 g/mol. The molecule has 0 amide bonds. The minimum Gasteiger partial charge on any atom is -0.481 e. The van der Waals surface area contributed by atoms with E-state index >= 15 is 0 Å². The highest BCUT2D eigenvalue weighted by molar-refractivity contribution is 6.01. The van der Waals surface area contributed by atoms with Crippen LogP contribution in [0.2, 0.25) is 0 Å². The van der Waals surface area contributed by atoms with Crippen LogP contribution in [0.3, 0.4) is 0 Å². The molecule has 1 N–H and O–H groups in total. The van der Waals surface area contributed by atoms with Gasteiger partial charge in [0.25, 0.3) is 0 Å². The van der Waals surface area contributed by atoms with E-state index in [9.17, 15) is 19.5 Å². The van der Waals surface area contributed by atoms with Crippen molar-refractivity contribution in [3.8, 4) is 0 Å². The van der Waals surface area contributed by atoms with Gasteiger partial charge in [0, 0.05) is 29.7 Å². The summed E-state index contributed by atoms with van der Waals surface area (Å²) in [4.78, 5) is 37.7. The molecule has 2 fully saturated rings. The fourth-order valence-corrected chi connectivity index (χ4v) is 8.40. The summed E-state index contributed by atoms with van der Waals surface area (Å²) in [6.07, 6.45) is 6.56. The second-order valence-electron chi connectivity index (χ2n) is 12.5. The molecule has 4 aliphatic rings. The van der Waals surface area contributed by atoms with Crippen LogP contribution in [0.5, 0.6) is 0 Å². The minimum atomic E-state index is -0.816. The van der Waals surface area contributed by atoms with Gasteiger partial charge < -0.3 is 5.11 Å². The first kappa shape index (κ1) is 25.1. The van der Waals surface area contributed by atoms with Gasteiger partial charge in [-0.3, -0.25) is 14.4 Å². The molecule has 4 aliphatic carbocycles. The zero-order valence-corrected chi connectivity index (χ0v) is 21.7. The molecule has 0 aromatic rings. The molecule has 0 aromatic heterocycles. The maximum atomic E-state index is 13.9. The molecule has 0 aliphatic heterocycles. The SMILES string of the molecule is C=C1CC2[C@H](C)C(=O)CCC2(C)C2=C1C1CCC(C(C)CCC(=C)C(C)C(=O)O)C1(C)CC2=O. The van der Waals surface area contributed by atoms with Crippen LogP contribution in [0.25, 0.3) is 0 Å². The van der Waals surface area contributed by atoms with Crippen molar-refractivity contribution in [1.29, 1.82) is 0 Å². The van der Waals surface area contributed by atoms with E-state index in [1.807, 2.05) is 6.92 Å². The summed E-state index contributed by atoms with van der Waals surface area (Å²) in [5.74, 6) is 0.634. The average molecular weight is 467 g/mol. The van der Waals surface area contributed by atoms with Gasteiger partial charge in [0.15, 0.2) is 5.78 Å². The Morgan fingerprint density at radius 1 is 1.21 bits per heavy atom. The summed E-state index contributed by atoms with van der Waals surface area (Å²) in [6.45, 7) is 19.1. The standard InChI is InChI=1S/C30H42O4/c1-16(19(4)28(33)34)8-9-17(2)21-10-11-22-26-18(3)14-23-20(5)24(31)12-13-29(23,6)27(26)25(32)15-30(21,22)7/h17,19-23H,1,3,8-15H2,2,4-7H3,(H,33,34)/t17?,19?,20-,21?,22?,23?,29?,30?/m0/s1. The molecule has 0 heterocycles. The van der Waals surface area contributed by atoms with Crippen LogP contribution < -0.4 is 0 Å². The van der Waals surface area contributed by atoms with Crippen LogP contribution in [0.1, 0.15) is 86.0 Å². The van der Waals surface area contributed by atoms with Crippen LogP contribution in [-0.4, -0.2) is 22.6 Å². The predicted molar refractivity (Wildman–Crippen MR) is 134 cm³/mol. The molecule has 4 heteroatoms. The lowest BCUT2D eigenvalue weighted by Gasteiger charge is -2.55. The number of Topliss-reactive ketones (excluding diaryl/α,β-unsaturated/α-hetero) is 2. The number of aliphatic carboxylic acids is 1. The van der Waals surface area contributed by atoms with Crippen molar-refractivity contribution in [2.45, 2.75) is 86.0 Å². The van der Waals surface area contributed by atoms with Gasteiger partial charge >= 0.3 is 5.97 Å². The van der Waals surface area contributed by atoms with Crippen LogP contribution in [-0.2, 0) is 14.4 Å². The molecule has 8 atom stereocenters. The van der Waals surface area contributed by atoms with E-state index in [4.69, 9.17) is 0 Å². The van der Waals surface area contributed by atoms with E-state index in [2.05, 4.69) is 33.9 Å². The molecule has 34 heavy (non-hydrogen) atoms. The van der Waals surface area contributed by atoms with Gasteiger partial charge in [-0.15, -0.1) is 0 Å². The topological polar surface area (TPSA) is 71.4 Å². The molecular formula is C30H42O4. The van der Waals surface area contributed by atoms with Crippen LogP contribution in [0, 0.1) is 46.3 Å². The lowest BCUT2D eigenvalue weighted by molar-refractivity contribution is -0.140. The average Bonchev–Trinajstić information content (AvgIpc) is 3.11. The maximum absolute atomic E-state index is 13.9. The minimum absolute atomic E-state index is 0.0108. The van der Waals surface area contributed by atoms with E-state index in [0.717, 1.165) is 48.8 Å². The number of fused-ring (bicyclic) bond motifs is 4. The smallest absolute Gasteiger partial charge is 0.310 e. The highest BCUT2D eigenvalue weighted by atomic mass is 16.4. The van der Waals surface area contributed by atoms with E-state index in [-0.39, 0.29) is 28.4 Å². The highest BCUT2D eigenvalue weighted by Gasteiger charge is 2.60. The quantitative estimate of drug-likeness (QED) is 0.450. The summed E-state index contributed by atoms with van der Waals surface area (Å²) >= 11 is 0. The van der Waals surface area contributed by atoms with Crippen molar-refractivity contribution >= 4 is 17.5 Å². The van der Waals surface area contributed by atoms with Gasteiger partial charge in [-0.1, -0.05) is 52.0 Å². The summed E-state index contributed by atoms with van der Waals surface area (Å²) in [6, 6.07) is 0. The number of hydrogen-bond acceptors (Lipinski definition) is 3. The lowest BCUT2D eigenvalue weighted by atomic mass is 9.48. The Bertz CT molecular complexity index is 986. The number of carboxylic acid groups (broad SMARTS) is 1. The Hall–Kier alpha value is -1.97. The van der Waals surface area contributed by atoms with E-state index < -0.39 is 11.9 Å². The summed E-state index contributed by atoms with van der Waals surface area (Å²) < 4.78 is 0. The molecule has 186 valence electrons. The zero-order valence-electron chi connectivity index (χ0n) is 21.7. The molecule has 0 bridgehead atoms. The van der Waals surface area contributed by atoms with Crippen molar-refractivity contribution in [3.05, 3.63) is 35.5 Å². The number of allylic oxidation sites excluding steroid dienone is 3. The van der Waals surface area contributed by atoms with Crippen molar-refractivity contribution in [3.63, 3.8) is 0 Å². The molecule has 4 nitrogen and oxygen atoms in total.